The van der Waals surface area contributed by atoms with Crippen molar-refractivity contribution >= 4 is 11.6 Å². The molecule has 1 aliphatic rings. The molecular formula is C16H24N2O2. The van der Waals surface area contributed by atoms with Crippen LogP contribution >= 0.6 is 0 Å². The Balaban J connectivity index is 1.91. The molecule has 0 radical (unpaired) electrons. The summed E-state index contributed by atoms with van der Waals surface area (Å²) in [5.74, 6) is 0.0898. The number of aliphatic hydroxyl groups excluding tert-OH is 1. The van der Waals surface area contributed by atoms with Crippen LogP contribution in [0.25, 0.3) is 0 Å². The van der Waals surface area contributed by atoms with E-state index in [1.807, 2.05) is 0 Å². The molecule has 2 rings (SSSR count). The Morgan fingerprint density at radius 2 is 1.95 bits per heavy atom. The van der Waals surface area contributed by atoms with E-state index in [1.54, 1.807) is 24.3 Å². The zero-order valence-electron chi connectivity index (χ0n) is 12.1. The van der Waals surface area contributed by atoms with Crippen LogP contribution in [-0.4, -0.2) is 17.6 Å². The number of aliphatic hydroxyl groups is 1. The van der Waals surface area contributed by atoms with E-state index in [0.29, 0.717) is 5.69 Å². The maximum absolute atomic E-state index is 12.3. The molecule has 1 aromatic carbocycles. The number of carbonyl (C=O) groups excluding carboxylic acids is 1. The van der Waals surface area contributed by atoms with Gasteiger partial charge in [0, 0.05) is 17.6 Å². The first-order valence-electron chi connectivity index (χ1n) is 7.39. The monoisotopic (exact) mass is 276 g/mol. The van der Waals surface area contributed by atoms with Crippen molar-refractivity contribution in [2.75, 3.05) is 12.3 Å². The highest BCUT2D eigenvalue weighted by Gasteiger charge is 2.39. The fraction of sp³-hybridized carbons (Fsp3) is 0.562. The van der Waals surface area contributed by atoms with Crippen LogP contribution in [0.5, 0.6) is 0 Å². The van der Waals surface area contributed by atoms with E-state index in [-0.39, 0.29) is 17.9 Å². The van der Waals surface area contributed by atoms with Crippen LogP contribution in [0.2, 0.25) is 0 Å². The van der Waals surface area contributed by atoms with Gasteiger partial charge in [-0.1, -0.05) is 31.9 Å². The molecule has 1 aromatic rings. The van der Waals surface area contributed by atoms with E-state index in [0.717, 1.165) is 37.7 Å². The van der Waals surface area contributed by atoms with Gasteiger partial charge in [-0.25, -0.2) is 0 Å². The lowest BCUT2D eigenvalue weighted by Gasteiger charge is -2.26. The predicted molar refractivity (Wildman–Crippen MR) is 80.0 cm³/mol. The Morgan fingerprint density at radius 1 is 1.35 bits per heavy atom. The number of nitrogens with two attached hydrogens (primary N) is 1. The molecule has 0 heterocycles. The second kappa shape index (κ2) is 6.27. The Bertz CT molecular complexity index is 450. The first-order chi connectivity index (χ1) is 9.57. The minimum absolute atomic E-state index is 0.0898. The maximum Gasteiger partial charge on any atom is 0.226 e. The summed E-state index contributed by atoms with van der Waals surface area (Å²) in [5.41, 5.74) is 6.85. The normalized spacial score (nSPS) is 18.7. The summed E-state index contributed by atoms with van der Waals surface area (Å²) in [6.07, 6.45) is 4.37. The number of anilines is 1. The summed E-state index contributed by atoms with van der Waals surface area (Å²) in [6.45, 7) is 2.33. The van der Waals surface area contributed by atoms with E-state index in [4.69, 9.17) is 5.73 Å². The van der Waals surface area contributed by atoms with E-state index in [1.165, 1.54) is 0 Å². The van der Waals surface area contributed by atoms with E-state index < -0.39 is 6.10 Å². The molecule has 1 unspecified atom stereocenters. The molecule has 1 amide bonds. The van der Waals surface area contributed by atoms with Gasteiger partial charge in [-0.3, -0.25) is 4.79 Å². The molecule has 1 saturated carbocycles. The standard InChI is InChI=1S/C16H24N2O2/c1-2-16(9-3-4-10-16)15(20)18-11-14(19)12-5-7-13(17)8-6-12/h5-8,14,19H,2-4,9-11,17H2,1H3,(H,18,20). The Labute approximate surface area is 120 Å². The predicted octanol–water partition coefficient (Wildman–Crippen LogP) is 2.39. The van der Waals surface area contributed by atoms with Crippen LogP contribution in [-0.2, 0) is 4.79 Å². The third kappa shape index (κ3) is 3.12. The molecule has 0 bridgehead atoms. The van der Waals surface area contributed by atoms with Gasteiger partial charge in [-0.05, 0) is 37.0 Å². The molecular weight excluding hydrogens is 252 g/mol. The molecule has 0 aromatic heterocycles. The third-order valence-electron chi connectivity index (χ3n) is 4.50. The maximum atomic E-state index is 12.3. The smallest absolute Gasteiger partial charge is 0.226 e. The summed E-state index contributed by atoms with van der Waals surface area (Å²) >= 11 is 0. The van der Waals surface area contributed by atoms with Crippen molar-refractivity contribution in [3.63, 3.8) is 0 Å². The topological polar surface area (TPSA) is 75.3 Å². The highest BCUT2D eigenvalue weighted by atomic mass is 16.3. The third-order valence-corrected chi connectivity index (χ3v) is 4.50. The molecule has 0 spiro atoms. The van der Waals surface area contributed by atoms with Crippen LogP contribution in [0.4, 0.5) is 5.69 Å². The molecule has 4 nitrogen and oxygen atoms in total. The fourth-order valence-electron chi connectivity index (χ4n) is 3.01. The van der Waals surface area contributed by atoms with Crippen LogP contribution in [0.15, 0.2) is 24.3 Å². The van der Waals surface area contributed by atoms with Crippen LogP contribution in [0.3, 0.4) is 0 Å². The Morgan fingerprint density at radius 3 is 2.50 bits per heavy atom. The van der Waals surface area contributed by atoms with Crippen LogP contribution in [0, 0.1) is 5.41 Å². The largest absolute Gasteiger partial charge is 0.399 e. The summed E-state index contributed by atoms with van der Waals surface area (Å²) in [4.78, 5) is 12.3. The zero-order chi connectivity index (χ0) is 14.6. The molecule has 1 atom stereocenters. The Hall–Kier alpha value is -1.55. The molecule has 0 saturated heterocycles. The van der Waals surface area contributed by atoms with Crippen molar-refractivity contribution in [3.8, 4) is 0 Å². The number of benzene rings is 1. The van der Waals surface area contributed by atoms with Crippen molar-refractivity contribution in [1.82, 2.24) is 5.32 Å². The number of rotatable bonds is 5. The lowest BCUT2D eigenvalue weighted by molar-refractivity contribution is -0.131. The molecule has 4 heteroatoms. The van der Waals surface area contributed by atoms with Gasteiger partial charge in [0.1, 0.15) is 0 Å². The van der Waals surface area contributed by atoms with Crippen LogP contribution < -0.4 is 11.1 Å². The number of hydrogen-bond donors (Lipinski definition) is 3. The average Bonchev–Trinajstić information content (AvgIpc) is 2.95. The number of nitrogen functional groups attached to an aromatic ring is 1. The van der Waals surface area contributed by atoms with E-state index >= 15 is 0 Å². The van der Waals surface area contributed by atoms with E-state index in [9.17, 15) is 9.90 Å². The van der Waals surface area contributed by atoms with Gasteiger partial charge >= 0.3 is 0 Å². The van der Waals surface area contributed by atoms with Crippen molar-refractivity contribution in [1.29, 1.82) is 0 Å². The lowest BCUT2D eigenvalue weighted by Crippen LogP contribution is -2.40. The number of carbonyl (C=O) groups is 1. The van der Waals surface area contributed by atoms with Crippen molar-refractivity contribution < 1.29 is 9.90 Å². The SMILES string of the molecule is CCC1(C(=O)NCC(O)c2ccc(N)cc2)CCCC1. The van der Waals surface area contributed by atoms with Gasteiger partial charge in [-0.2, -0.15) is 0 Å². The van der Waals surface area contributed by atoms with Crippen LogP contribution in [0.1, 0.15) is 50.7 Å². The summed E-state index contributed by atoms with van der Waals surface area (Å²) in [7, 11) is 0. The van der Waals surface area contributed by atoms with Gasteiger partial charge in [0.05, 0.1) is 6.10 Å². The number of hydrogen-bond acceptors (Lipinski definition) is 3. The minimum atomic E-state index is -0.685. The number of amides is 1. The zero-order valence-corrected chi connectivity index (χ0v) is 12.1. The highest BCUT2D eigenvalue weighted by molar-refractivity contribution is 5.82. The van der Waals surface area contributed by atoms with Gasteiger partial charge < -0.3 is 16.2 Å². The first kappa shape index (κ1) is 14.9. The summed E-state index contributed by atoms with van der Waals surface area (Å²) < 4.78 is 0. The van der Waals surface area contributed by atoms with Crippen molar-refractivity contribution in [2.45, 2.75) is 45.1 Å². The second-order valence-corrected chi connectivity index (χ2v) is 5.73. The lowest BCUT2D eigenvalue weighted by atomic mass is 9.82. The highest BCUT2D eigenvalue weighted by Crippen LogP contribution is 2.41. The van der Waals surface area contributed by atoms with Gasteiger partial charge in [-0.15, -0.1) is 0 Å². The minimum Gasteiger partial charge on any atom is -0.399 e. The quantitative estimate of drug-likeness (QED) is 0.723. The summed E-state index contributed by atoms with van der Waals surface area (Å²) in [6, 6.07) is 7.09. The first-order valence-corrected chi connectivity index (χ1v) is 7.39. The van der Waals surface area contributed by atoms with Crippen molar-refractivity contribution in [3.05, 3.63) is 29.8 Å². The molecule has 0 aliphatic heterocycles. The summed E-state index contributed by atoms with van der Waals surface area (Å²) in [5, 5.41) is 13.0. The molecule has 1 fully saturated rings. The van der Waals surface area contributed by atoms with Crippen molar-refractivity contribution in [2.24, 2.45) is 5.41 Å². The molecule has 1 aliphatic carbocycles. The van der Waals surface area contributed by atoms with E-state index in [2.05, 4.69) is 12.2 Å². The van der Waals surface area contributed by atoms with Gasteiger partial charge in [0.25, 0.3) is 0 Å². The molecule has 4 N–H and O–H groups in total. The average molecular weight is 276 g/mol. The molecule has 20 heavy (non-hydrogen) atoms. The fourth-order valence-corrected chi connectivity index (χ4v) is 3.01. The van der Waals surface area contributed by atoms with Gasteiger partial charge in [0.2, 0.25) is 5.91 Å². The second-order valence-electron chi connectivity index (χ2n) is 5.73. The number of nitrogens with one attached hydrogen (secondary N) is 1. The van der Waals surface area contributed by atoms with Gasteiger partial charge in [0.15, 0.2) is 0 Å². The molecule has 110 valence electrons. The Kier molecular flexibility index (Phi) is 4.65.